The van der Waals surface area contributed by atoms with Gasteiger partial charge >= 0.3 is 5.97 Å². The minimum atomic E-state index is -1.10. The van der Waals surface area contributed by atoms with Crippen LogP contribution in [0, 0.1) is 10.1 Å². The van der Waals surface area contributed by atoms with Crippen molar-refractivity contribution in [3.63, 3.8) is 0 Å². The van der Waals surface area contributed by atoms with Crippen molar-refractivity contribution in [2.75, 3.05) is 19.7 Å². The van der Waals surface area contributed by atoms with Crippen LogP contribution in [0.3, 0.4) is 0 Å². The van der Waals surface area contributed by atoms with Gasteiger partial charge in [-0.1, -0.05) is 12.1 Å². The SMILES string of the molecule is CCOC(=O)CC1C(=O)NCCN1C(=O)C(=Cc1cccc([N+](=O)[O-])c1)NC(C)=O. The second kappa shape index (κ2) is 10.1. The molecule has 0 radical (unpaired) electrons. The minimum absolute atomic E-state index is 0.112. The van der Waals surface area contributed by atoms with Gasteiger partial charge in [0.2, 0.25) is 11.8 Å². The summed E-state index contributed by atoms with van der Waals surface area (Å²) in [7, 11) is 0. The van der Waals surface area contributed by atoms with Crippen LogP contribution in [0.1, 0.15) is 25.8 Å². The predicted octanol–water partition coefficient (Wildman–Crippen LogP) is 0.352. The topological polar surface area (TPSA) is 148 Å². The zero-order valence-electron chi connectivity index (χ0n) is 16.5. The minimum Gasteiger partial charge on any atom is -0.466 e. The highest BCUT2D eigenvalue weighted by Gasteiger charge is 2.36. The quantitative estimate of drug-likeness (QED) is 0.281. The smallest absolute Gasteiger partial charge is 0.308 e. The molecule has 0 aliphatic carbocycles. The molecule has 2 rings (SSSR count). The Morgan fingerprint density at radius 1 is 1.40 bits per heavy atom. The molecule has 11 heteroatoms. The Balaban J connectivity index is 2.37. The highest BCUT2D eigenvalue weighted by Crippen LogP contribution is 2.18. The lowest BCUT2D eigenvalue weighted by molar-refractivity contribution is -0.384. The van der Waals surface area contributed by atoms with Gasteiger partial charge in [0.05, 0.1) is 18.0 Å². The first-order valence-corrected chi connectivity index (χ1v) is 9.21. The summed E-state index contributed by atoms with van der Waals surface area (Å²) in [6.07, 6.45) is 0.945. The number of esters is 1. The average Bonchev–Trinajstić information content (AvgIpc) is 2.68. The molecule has 0 aromatic heterocycles. The van der Waals surface area contributed by atoms with E-state index < -0.39 is 34.7 Å². The number of carbonyl (C=O) groups excluding carboxylic acids is 4. The molecule has 3 amide bonds. The maximum atomic E-state index is 13.1. The molecule has 11 nitrogen and oxygen atoms in total. The Kier molecular flexibility index (Phi) is 7.62. The lowest BCUT2D eigenvalue weighted by Crippen LogP contribution is -2.58. The van der Waals surface area contributed by atoms with Gasteiger partial charge in [-0.15, -0.1) is 0 Å². The summed E-state index contributed by atoms with van der Waals surface area (Å²) in [6, 6.07) is 4.40. The number of ether oxygens (including phenoxy) is 1. The molecule has 1 aromatic rings. The van der Waals surface area contributed by atoms with E-state index in [1.807, 2.05) is 0 Å². The Labute approximate surface area is 172 Å². The number of rotatable bonds is 7. The van der Waals surface area contributed by atoms with E-state index in [0.29, 0.717) is 5.56 Å². The van der Waals surface area contributed by atoms with E-state index in [1.54, 1.807) is 6.92 Å². The summed E-state index contributed by atoms with van der Waals surface area (Å²) in [4.78, 5) is 60.5. The summed E-state index contributed by atoms with van der Waals surface area (Å²) in [5.74, 6) is -2.38. The van der Waals surface area contributed by atoms with Gasteiger partial charge in [-0.05, 0) is 18.6 Å². The molecule has 1 aromatic carbocycles. The van der Waals surface area contributed by atoms with Crippen molar-refractivity contribution < 1.29 is 28.8 Å². The average molecular weight is 418 g/mol. The van der Waals surface area contributed by atoms with Gasteiger partial charge in [0.1, 0.15) is 11.7 Å². The molecule has 1 aliphatic heterocycles. The van der Waals surface area contributed by atoms with Crippen LogP contribution in [0.2, 0.25) is 0 Å². The zero-order valence-corrected chi connectivity index (χ0v) is 16.5. The number of hydrogen-bond acceptors (Lipinski definition) is 7. The number of carbonyl (C=O) groups is 4. The maximum Gasteiger partial charge on any atom is 0.308 e. The first-order chi connectivity index (χ1) is 14.2. The maximum absolute atomic E-state index is 13.1. The van der Waals surface area contributed by atoms with Gasteiger partial charge in [0.15, 0.2) is 0 Å². The fourth-order valence-electron chi connectivity index (χ4n) is 2.93. The second-order valence-corrected chi connectivity index (χ2v) is 6.41. The lowest BCUT2D eigenvalue weighted by atomic mass is 10.1. The molecule has 2 N–H and O–H groups in total. The Hall–Kier alpha value is -3.76. The fraction of sp³-hybridized carbons (Fsp3) is 0.368. The molecular weight excluding hydrogens is 396 g/mol. The van der Waals surface area contributed by atoms with Crippen LogP contribution in [0.15, 0.2) is 30.0 Å². The first kappa shape index (κ1) is 22.5. The number of nitro benzene ring substituents is 1. The Bertz CT molecular complexity index is 897. The predicted molar refractivity (Wildman–Crippen MR) is 105 cm³/mol. The third-order valence-corrected chi connectivity index (χ3v) is 4.19. The van der Waals surface area contributed by atoms with Crippen molar-refractivity contribution in [1.29, 1.82) is 0 Å². The van der Waals surface area contributed by atoms with Crippen molar-refractivity contribution >= 4 is 35.5 Å². The zero-order chi connectivity index (χ0) is 22.3. The molecule has 0 spiro atoms. The second-order valence-electron chi connectivity index (χ2n) is 6.41. The highest BCUT2D eigenvalue weighted by atomic mass is 16.6. The lowest BCUT2D eigenvalue weighted by Gasteiger charge is -2.35. The molecule has 1 heterocycles. The Morgan fingerprint density at radius 2 is 2.13 bits per heavy atom. The van der Waals surface area contributed by atoms with Crippen LogP contribution >= 0.6 is 0 Å². The number of amides is 3. The molecule has 1 aliphatic rings. The van der Waals surface area contributed by atoms with Crippen LogP contribution in [0.5, 0.6) is 0 Å². The van der Waals surface area contributed by atoms with E-state index in [-0.39, 0.29) is 37.5 Å². The number of hydrogen-bond donors (Lipinski definition) is 2. The van der Waals surface area contributed by atoms with Crippen molar-refractivity contribution in [3.8, 4) is 0 Å². The molecule has 0 saturated carbocycles. The van der Waals surface area contributed by atoms with E-state index in [2.05, 4.69) is 10.6 Å². The molecule has 1 unspecified atom stereocenters. The Morgan fingerprint density at radius 3 is 2.77 bits per heavy atom. The standard InChI is InChI=1S/C19H22N4O7/c1-3-30-17(25)11-16-18(26)20-7-8-22(16)19(27)15(21-12(2)24)10-13-5-4-6-14(9-13)23(28)29/h4-6,9-10,16H,3,7-8,11H2,1-2H3,(H,20,26)(H,21,24). The van der Waals surface area contributed by atoms with Crippen molar-refractivity contribution in [2.24, 2.45) is 0 Å². The normalized spacial score (nSPS) is 16.5. The molecule has 1 saturated heterocycles. The fourth-order valence-corrected chi connectivity index (χ4v) is 2.93. The van der Waals surface area contributed by atoms with Crippen LogP contribution in [0.4, 0.5) is 5.69 Å². The van der Waals surface area contributed by atoms with Gasteiger partial charge < -0.3 is 20.3 Å². The summed E-state index contributed by atoms with van der Waals surface area (Å²) in [5.41, 5.74) is -0.0489. The summed E-state index contributed by atoms with van der Waals surface area (Å²) < 4.78 is 4.87. The molecule has 1 fully saturated rings. The molecule has 0 bridgehead atoms. The number of nitrogens with one attached hydrogen (secondary N) is 2. The number of nitrogens with zero attached hydrogens (tertiary/aromatic N) is 2. The van der Waals surface area contributed by atoms with Crippen LogP contribution in [-0.2, 0) is 23.9 Å². The van der Waals surface area contributed by atoms with Crippen molar-refractivity contribution in [3.05, 3.63) is 45.6 Å². The molecule has 160 valence electrons. The summed E-state index contributed by atoms with van der Waals surface area (Å²) in [5, 5.41) is 16.0. The monoisotopic (exact) mass is 418 g/mol. The molecule has 1 atom stereocenters. The van der Waals surface area contributed by atoms with Crippen LogP contribution in [-0.4, -0.2) is 59.3 Å². The van der Waals surface area contributed by atoms with Crippen molar-refractivity contribution in [2.45, 2.75) is 26.3 Å². The van der Waals surface area contributed by atoms with Gasteiger partial charge in [-0.25, -0.2) is 0 Å². The summed E-state index contributed by atoms with van der Waals surface area (Å²) >= 11 is 0. The van der Waals surface area contributed by atoms with E-state index in [4.69, 9.17) is 4.74 Å². The van der Waals surface area contributed by atoms with E-state index in [9.17, 15) is 29.3 Å². The van der Waals surface area contributed by atoms with Gasteiger partial charge in [0.25, 0.3) is 11.6 Å². The number of benzene rings is 1. The molecular formula is C19H22N4O7. The van der Waals surface area contributed by atoms with Gasteiger partial charge in [0, 0.05) is 32.1 Å². The largest absolute Gasteiger partial charge is 0.466 e. The summed E-state index contributed by atoms with van der Waals surface area (Å²) in [6.45, 7) is 3.24. The van der Waals surface area contributed by atoms with Crippen LogP contribution in [0.25, 0.3) is 6.08 Å². The van der Waals surface area contributed by atoms with Crippen molar-refractivity contribution in [1.82, 2.24) is 15.5 Å². The van der Waals surface area contributed by atoms with E-state index >= 15 is 0 Å². The highest BCUT2D eigenvalue weighted by molar-refractivity contribution is 6.03. The third-order valence-electron chi connectivity index (χ3n) is 4.19. The van der Waals surface area contributed by atoms with E-state index in [0.717, 1.165) is 0 Å². The molecule has 30 heavy (non-hydrogen) atoms. The number of nitro groups is 1. The first-order valence-electron chi connectivity index (χ1n) is 9.21. The van der Waals surface area contributed by atoms with E-state index in [1.165, 1.54) is 42.2 Å². The number of piperazine rings is 1. The van der Waals surface area contributed by atoms with Gasteiger partial charge in [-0.3, -0.25) is 29.3 Å². The number of non-ortho nitro benzene ring substituents is 1. The van der Waals surface area contributed by atoms with Crippen LogP contribution < -0.4 is 10.6 Å². The third kappa shape index (κ3) is 5.87. The van der Waals surface area contributed by atoms with Gasteiger partial charge in [-0.2, -0.15) is 0 Å².